The third-order valence-corrected chi connectivity index (χ3v) is 4.07. The first-order chi connectivity index (χ1) is 11.3. The number of benzene rings is 2. The van der Waals surface area contributed by atoms with Crippen molar-refractivity contribution in [1.82, 2.24) is 0 Å². The molecule has 0 spiro atoms. The van der Waals surface area contributed by atoms with Gasteiger partial charge in [-0.1, -0.05) is 11.8 Å². The number of halogens is 3. The molecule has 7 heteroatoms. The number of carbonyl (C=O) groups is 1. The molecule has 2 aromatic rings. The van der Waals surface area contributed by atoms with E-state index in [0.29, 0.717) is 15.4 Å². The maximum atomic E-state index is 13.0. The van der Waals surface area contributed by atoms with Gasteiger partial charge in [0, 0.05) is 9.79 Å². The van der Waals surface area contributed by atoms with Crippen LogP contribution in [0.2, 0.25) is 0 Å². The number of methoxy groups -OCH3 is 1. The standard InChI is InChI=1S/C17H15F3O3S/c1-3-23-16(21)11-4-6-12(7-5-11)24-13-8-9-15(22-2)14(10-13)17(18,19)20/h4-10H,3H2,1-2H3. The van der Waals surface area contributed by atoms with E-state index in [1.54, 1.807) is 37.3 Å². The molecule has 0 radical (unpaired) electrons. The summed E-state index contributed by atoms with van der Waals surface area (Å²) in [6.07, 6.45) is -4.49. The minimum absolute atomic E-state index is 0.218. The van der Waals surface area contributed by atoms with Crippen molar-refractivity contribution in [3.63, 3.8) is 0 Å². The fourth-order valence-electron chi connectivity index (χ4n) is 1.98. The number of esters is 1. The van der Waals surface area contributed by atoms with E-state index in [9.17, 15) is 18.0 Å². The Morgan fingerprint density at radius 2 is 1.71 bits per heavy atom. The van der Waals surface area contributed by atoms with E-state index in [4.69, 9.17) is 9.47 Å². The predicted octanol–water partition coefficient (Wildman–Crippen LogP) is 5.04. The molecule has 0 heterocycles. The Balaban J connectivity index is 2.21. The third-order valence-electron chi connectivity index (χ3n) is 3.08. The van der Waals surface area contributed by atoms with Gasteiger partial charge in [-0.05, 0) is 49.4 Å². The number of hydrogen-bond acceptors (Lipinski definition) is 4. The molecule has 0 bridgehead atoms. The molecule has 0 aliphatic carbocycles. The second-order valence-corrected chi connectivity index (χ2v) is 5.85. The average molecular weight is 356 g/mol. The van der Waals surface area contributed by atoms with Gasteiger partial charge in [0.2, 0.25) is 0 Å². The van der Waals surface area contributed by atoms with Crippen molar-refractivity contribution in [2.24, 2.45) is 0 Å². The van der Waals surface area contributed by atoms with Crippen LogP contribution in [-0.4, -0.2) is 19.7 Å². The van der Waals surface area contributed by atoms with Crippen LogP contribution in [0.5, 0.6) is 5.75 Å². The summed E-state index contributed by atoms with van der Waals surface area (Å²) in [4.78, 5) is 12.7. The smallest absolute Gasteiger partial charge is 0.420 e. The first-order valence-corrected chi connectivity index (χ1v) is 7.87. The van der Waals surface area contributed by atoms with E-state index in [2.05, 4.69) is 0 Å². The molecule has 2 rings (SSSR count). The van der Waals surface area contributed by atoms with Crippen molar-refractivity contribution in [2.45, 2.75) is 22.9 Å². The SMILES string of the molecule is CCOC(=O)c1ccc(Sc2ccc(OC)c(C(F)(F)F)c2)cc1. The summed E-state index contributed by atoms with van der Waals surface area (Å²) in [5.74, 6) is -0.651. The number of ether oxygens (including phenoxy) is 2. The van der Waals surface area contributed by atoms with Crippen molar-refractivity contribution in [3.05, 3.63) is 53.6 Å². The average Bonchev–Trinajstić information content (AvgIpc) is 2.55. The quantitative estimate of drug-likeness (QED) is 0.703. The molecule has 0 fully saturated rings. The monoisotopic (exact) mass is 356 g/mol. The van der Waals surface area contributed by atoms with Gasteiger partial charge < -0.3 is 9.47 Å². The molecule has 0 atom stereocenters. The molecule has 0 N–H and O–H groups in total. The van der Waals surface area contributed by atoms with E-state index in [1.165, 1.54) is 13.2 Å². The number of carbonyl (C=O) groups excluding carboxylic acids is 1. The van der Waals surface area contributed by atoms with Gasteiger partial charge in [-0.15, -0.1) is 0 Å². The van der Waals surface area contributed by atoms with Gasteiger partial charge in [-0.2, -0.15) is 13.2 Å². The molecule has 0 aromatic heterocycles. The van der Waals surface area contributed by atoms with Crippen molar-refractivity contribution < 1.29 is 27.4 Å². The fraction of sp³-hybridized carbons (Fsp3) is 0.235. The maximum Gasteiger partial charge on any atom is 0.420 e. The second kappa shape index (κ2) is 7.61. The van der Waals surface area contributed by atoms with Gasteiger partial charge in [0.1, 0.15) is 5.75 Å². The lowest BCUT2D eigenvalue weighted by Crippen LogP contribution is -2.07. The van der Waals surface area contributed by atoms with Gasteiger partial charge in [0.25, 0.3) is 0 Å². The van der Waals surface area contributed by atoms with Gasteiger partial charge in [-0.25, -0.2) is 4.79 Å². The van der Waals surface area contributed by atoms with E-state index >= 15 is 0 Å². The fourth-order valence-corrected chi connectivity index (χ4v) is 2.84. The van der Waals surface area contributed by atoms with E-state index < -0.39 is 17.7 Å². The van der Waals surface area contributed by atoms with Crippen molar-refractivity contribution in [2.75, 3.05) is 13.7 Å². The normalized spacial score (nSPS) is 11.2. The molecular weight excluding hydrogens is 341 g/mol. The van der Waals surface area contributed by atoms with Crippen molar-refractivity contribution in [1.29, 1.82) is 0 Å². The van der Waals surface area contributed by atoms with Crippen LogP contribution in [0.25, 0.3) is 0 Å². The lowest BCUT2D eigenvalue weighted by atomic mass is 10.2. The van der Waals surface area contributed by atoms with Crippen LogP contribution in [0.4, 0.5) is 13.2 Å². The summed E-state index contributed by atoms with van der Waals surface area (Å²) < 4.78 is 48.7. The van der Waals surface area contributed by atoms with Crippen molar-refractivity contribution >= 4 is 17.7 Å². The van der Waals surface area contributed by atoms with E-state index in [-0.39, 0.29) is 12.4 Å². The Kier molecular flexibility index (Phi) is 5.77. The lowest BCUT2D eigenvalue weighted by Gasteiger charge is -2.13. The number of rotatable bonds is 5. The molecule has 0 aliphatic rings. The Morgan fingerprint density at radius 1 is 1.08 bits per heavy atom. The molecule has 3 nitrogen and oxygen atoms in total. The third kappa shape index (κ3) is 4.44. The molecule has 128 valence electrons. The van der Waals surface area contributed by atoms with Crippen LogP contribution in [0.3, 0.4) is 0 Å². The molecule has 0 saturated heterocycles. The zero-order chi connectivity index (χ0) is 17.7. The summed E-state index contributed by atoms with van der Waals surface area (Å²) in [6.45, 7) is 1.99. The van der Waals surface area contributed by atoms with E-state index in [0.717, 1.165) is 17.8 Å². The van der Waals surface area contributed by atoms with Crippen LogP contribution in [0.1, 0.15) is 22.8 Å². The molecule has 2 aromatic carbocycles. The minimum atomic E-state index is -4.49. The molecule has 24 heavy (non-hydrogen) atoms. The Labute approximate surface area is 141 Å². The van der Waals surface area contributed by atoms with Crippen LogP contribution in [0.15, 0.2) is 52.3 Å². The van der Waals surface area contributed by atoms with Gasteiger partial charge in [-0.3, -0.25) is 0 Å². The highest BCUT2D eigenvalue weighted by Gasteiger charge is 2.34. The van der Waals surface area contributed by atoms with Gasteiger partial charge >= 0.3 is 12.1 Å². The summed E-state index contributed by atoms with van der Waals surface area (Å²) in [7, 11) is 1.20. The lowest BCUT2D eigenvalue weighted by molar-refractivity contribution is -0.138. The minimum Gasteiger partial charge on any atom is -0.496 e. The molecule has 0 amide bonds. The highest BCUT2D eigenvalue weighted by molar-refractivity contribution is 7.99. The largest absolute Gasteiger partial charge is 0.496 e. The topological polar surface area (TPSA) is 35.5 Å². The number of alkyl halides is 3. The summed E-state index contributed by atoms with van der Waals surface area (Å²) in [5, 5.41) is 0. The first-order valence-electron chi connectivity index (χ1n) is 7.05. The van der Waals surface area contributed by atoms with Gasteiger partial charge in [0.05, 0.1) is 24.8 Å². The Morgan fingerprint density at radius 3 is 2.25 bits per heavy atom. The summed E-state index contributed by atoms with van der Waals surface area (Å²) in [5.41, 5.74) is -0.426. The van der Waals surface area contributed by atoms with E-state index in [1.807, 2.05) is 0 Å². The van der Waals surface area contributed by atoms with Crippen LogP contribution in [-0.2, 0) is 10.9 Å². The van der Waals surface area contributed by atoms with Crippen LogP contribution < -0.4 is 4.74 Å². The van der Waals surface area contributed by atoms with Crippen LogP contribution >= 0.6 is 11.8 Å². The zero-order valence-corrected chi connectivity index (χ0v) is 13.8. The predicted molar refractivity (Wildman–Crippen MR) is 84.5 cm³/mol. The Hall–Kier alpha value is -2.15. The summed E-state index contributed by atoms with van der Waals surface area (Å²) in [6, 6.07) is 10.4. The summed E-state index contributed by atoms with van der Waals surface area (Å²) >= 11 is 1.16. The highest BCUT2D eigenvalue weighted by Crippen LogP contribution is 2.39. The van der Waals surface area contributed by atoms with Crippen molar-refractivity contribution in [3.8, 4) is 5.75 Å². The number of hydrogen-bond donors (Lipinski definition) is 0. The second-order valence-electron chi connectivity index (χ2n) is 4.71. The molecular formula is C17H15F3O3S. The molecule has 0 saturated carbocycles. The van der Waals surface area contributed by atoms with Gasteiger partial charge in [0.15, 0.2) is 0 Å². The Bertz CT molecular complexity index is 712. The maximum absolute atomic E-state index is 13.0. The highest BCUT2D eigenvalue weighted by atomic mass is 32.2. The molecule has 0 aliphatic heterocycles. The first kappa shape index (κ1) is 18.2. The molecule has 0 unspecified atom stereocenters. The zero-order valence-electron chi connectivity index (χ0n) is 13.0. The van der Waals surface area contributed by atoms with Crippen LogP contribution in [0, 0.1) is 0 Å².